The van der Waals surface area contributed by atoms with Crippen LogP contribution in [0.3, 0.4) is 0 Å². The van der Waals surface area contributed by atoms with Crippen molar-refractivity contribution in [3.05, 3.63) is 158 Å². The van der Waals surface area contributed by atoms with E-state index < -0.39 is 0 Å². The normalized spacial score (nSPS) is 11.8. The van der Waals surface area contributed by atoms with E-state index in [9.17, 15) is 0 Å². The van der Waals surface area contributed by atoms with Crippen molar-refractivity contribution in [1.29, 1.82) is 0 Å². The Morgan fingerprint density at radius 3 is 1.65 bits per heavy atom. The van der Waals surface area contributed by atoms with Gasteiger partial charge < -0.3 is 4.42 Å². The van der Waals surface area contributed by atoms with E-state index in [1.165, 1.54) is 16.5 Å². The van der Waals surface area contributed by atoms with Gasteiger partial charge in [0.05, 0.1) is 11.0 Å². The van der Waals surface area contributed by atoms with Crippen LogP contribution in [0.4, 0.5) is 0 Å². The van der Waals surface area contributed by atoms with Crippen molar-refractivity contribution < 1.29 is 4.42 Å². The highest BCUT2D eigenvalue weighted by Crippen LogP contribution is 2.45. The van der Waals surface area contributed by atoms with Crippen LogP contribution in [0.2, 0.25) is 0 Å². The lowest BCUT2D eigenvalue weighted by molar-refractivity contribution is 0.673. The Morgan fingerprint density at radius 2 is 0.979 bits per heavy atom. The van der Waals surface area contributed by atoms with E-state index in [1.807, 2.05) is 60.7 Å². The first-order chi connectivity index (χ1) is 23.8. The topological polar surface area (TPSA) is 56.7 Å². The van der Waals surface area contributed by atoms with Gasteiger partial charge in [-0.2, -0.15) is 9.97 Å². The average molecular weight is 615 g/mol. The number of nitrogens with zero attached hydrogens (tertiary/aromatic N) is 4. The lowest BCUT2D eigenvalue weighted by atomic mass is 9.94. The van der Waals surface area contributed by atoms with Crippen LogP contribution in [-0.4, -0.2) is 19.5 Å². The summed E-state index contributed by atoms with van der Waals surface area (Å²) >= 11 is 0. The number of aromatic nitrogens is 4. The third kappa shape index (κ3) is 4.01. The van der Waals surface area contributed by atoms with E-state index in [2.05, 4.69) is 102 Å². The van der Waals surface area contributed by atoms with Gasteiger partial charge in [0.15, 0.2) is 11.6 Å². The zero-order chi connectivity index (χ0) is 31.6. The quantitative estimate of drug-likeness (QED) is 0.198. The molecule has 0 N–H and O–H groups in total. The van der Waals surface area contributed by atoms with Gasteiger partial charge in [0.1, 0.15) is 11.2 Å². The highest BCUT2D eigenvalue weighted by Gasteiger charge is 2.23. The maximum atomic E-state index is 6.73. The fourth-order valence-corrected chi connectivity index (χ4v) is 7.12. The molecule has 0 radical (unpaired) electrons. The minimum absolute atomic E-state index is 0.566. The first-order valence-electron chi connectivity index (χ1n) is 16.0. The van der Waals surface area contributed by atoms with Gasteiger partial charge in [-0.3, -0.25) is 4.57 Å². The molecule has 0 amide bonds. The van der Waals surface area contributed by atoms with Gasteiger partial charge in [0.2, 0.25) is 5.95 Å². The van der Waals surface area contributed by atoms with Gasteiger partial charge in [0.25, 0.3) is 0 Å². The van der Waals surface area contributed by atoms with E-state index in [0.29, 0.717) is 17.6 Å². The molecule has 0 aliphatic carbocycles. The molecule has 3 heterocycles. The largest absolute Gasteiger partial charge is 0.455 e. The van der Waals surface area contributed by atoms with E-state index >= 15 is 0 Å². The second-order valence-corrected chi connectivity index (χ2v) is 12.0. The maximum absolute atomic E-state index is 6.73. The summed E-state index contributed by atoms with van der Waals surface area (Å²) in [6.45, 7) is 0. The first-order valence-corrected chi connectivity index (χ1v) is 16.0. The van der Waals surface area contributed by atoms with Crippen molar-refractivity contribution in [3.63, 3.8) is 0 Å². The summed E-state index contributed by atoms with van der Waals surface area (Å²) in [5.74, 6) is 1.81. The molecule has 10 aromatic rings. The molecule has 10 rings (SSSR count). The Bertz CT molecular complexity index is 2760. The van der Waals surface area contributed by atoms with Crippen molar-refractivity contribution in [3.8, 4) is 39.9 Å². The predicted octanol–water partition coefficient (Wildman–Crippen LogP) is 11.0. The van der Waals surface area contributed by atoms with Gasteiger partial charge in [-0.1, -0.05) is 133 Å². The molecule has 0 spiro atoms. The summed E-state index contributed by atoms with van der Waals surface area (Å²) < 4.78 is 8.90. The molecule has 0 unspecified atom stereocenters. The van der Waals surface area contributed by atoms with Crippen LogP contribution in [0.25, 0.3) is 94.4 Å². The van der Waals surface area contributed by atoms with Gasteiger partial charge in [-0.25, -0.2) is 4.98 Å². The molecule has 0 bridgehead atoms. The number of benzene rings is 7. The fourth-order valence-electron chi connectivity index (χ4n) is 7.12. The molecule has 5 heteroatoms. The van der Waals surface area contributed by atoms with Crippen LogP contribution in [0.1, 0.15) is 0 Å². The van der Waals surface area contributed by atoms with Crippen molar-refractivity contribution in [2.45, 2.75) is 0 Å². The van der Waals surface area contributed by atoms with Crippen LogP contribution < -0.4 is 0 Å². The van der Waals surface area contributed by atoms with Crippen molar-refractivity contribution in [2.24, 2.45) is 0 Å². The Balaban J connectivity index is 1.33. The smallest absolute Gasteiger partial charge is 0.238 e. The molecular formula is C43H26N4O. The third-order valence-electron chi connectivity index (χ3n) is 9.25. The van der Waals surface area contributed by atoms with Gasteiger partial charge >= 0.3 is 0 Å². The van der Waals surface area contributed by atoms with Crippen LogP contribution in [0.5, 0.6) is 0 Å². The summed E-state index contributed by atoms with van der Waals surface area (Å²) in [6.07, 6.45) is 0. The van der Waals surface area contributed by atoms with E-state index in [1.54, 1.807) is 0 Å². The predicted molar refractivity (Wildman–Crippen MR) is 195 cm³/mol. The Hall–Kier alpha value is -6.59. The molecule has 0 saturated heterocycles. The Morgan fingerprint density at radius 1 is 0.417 bits per heavy atom. The Labute approximate surface area is 275 Å². The second-order valence-electron chi connectivity index (χ2n) is 12.0. The molecule has 0 aliphatic rings. The number of fused-ring (bicyclic) bond motifs is 9. The number of hydrogen-bond donors (Lipinski definition) is 0. The highest BCUT2D eigenvalue weighted by molar-refractivity contribution is 6.30. The van der Waals surface area contributed by atoms with E-state index in [0.717, 1.165) is 60.3 Å². The monoisotopic (exact) mass is 614 g/mol. The summed E-state index contributed by atoms with van der Waals surface area (Å²) in [6, 6.07) is 54.3. The van der Waals surface area contributed by atoms with Crippen LogP contribution in [-0.2, 0) is 0 Å². The summed E-state index contributed by atoms with van der Waals surface area (Å²) in [5, 5.41) is 6.65. The SMILES string of the molecule is c1ccc(-c2nc(-c3ccccc3)nc(-n3c4ccccc4c4c5c(ccc43)oc3c4ccccc4c(-c4ccccc4)cc35)n2)cc1. The van der Waals surface area contributed by atoms with Crippen LogP contribution in [0, 0.1) is 0 Å². The summed E-state index contributed by atoms with van der Waals surface area (Å²) in [7, 11) is 0. The minimum Gasteiger partial charge on any atom is -0.455 e. The summed E-state index contributed by atoms with van der Waals surface area (Å²) in [4.78, 5) is 15.2. The molecule has 5 nitrogen and oxygen atoms in total. The molecule has 7 aromatic carbocycles. The molecule has 0 saturated carbocycles. The van der Waals surface area contributed by atoms with E-state index in [-0.39, 0.29) is 0 Å². The van der Waals surface area contributed by atoms with Gasteiger partial charge in [-0.15, -0.1) is 0 Å². The number of furan rings is 1. The lowest BCUT2D eigenvalue weighted by Crippen LogP contribution is -2.06. The third-order valence-corrected chi connectivity index (χ3v) is 9.25. The fraction of sp³-hybridized carbons (Fsp3) is 0. The molecule has 0 atom stereocenters. The van der Waals surface area contributed by atoms with Crippen LogP contribution >= 0.6 is 0 Å². The number of rotatable bonds is 4. The standard InChI is InChI=1S/C43H26N4O/c1-4-14-27(15-5-1)33-26-34-39-37(48-40(34)31-21-11-10-20-30(31)33)25-24-36-38(39)32-22-12-13-23-35(32)47(36)43-45-41(28-16-6-2-7-17-28)44-42(46-43)29-18-8-3-9-19-29/h1-26H. The molecule has 224 valence electrons. The lowest BCUT2D eigenvalue weighted by Gasteiger charge is -2.10. The molecule has 0 aliphatic heterocycles. The van der Waals surface area contributed by atoms with Crippen LogP contribution in [0.15, 0.2) is 162 Å². The van der Waals surface area contributed by atoms with Crippen molar-refractivity contribution >= 4 is 54.5 Å². The first kappa shape index (κ1) is 26.6. The zero-order valence-electron chi connectivity index (χ0n) is 25.7. The average Bonchev–Trinajstić information content (AvgIpc) is 3.71. The van der Waals surface area contributed by atoms with Crippen molar-refractivity contribution in [1.82, 2.24) is 19.5 Å². The van der Waals surface area contributed by atoms with E-state index in [4.69, 9.17) is 19.4 Å². The summed E-state index contributed by atoms with van der Waals surface area (Å²) in [5.41, 5.74) is 7.98. The molecule has 0 fully saturated rings. The minimum atomic E-state index is 0.566. The van der Waals surface area contributed by atoms with Crippen molar-refractivity contribution in [2.75, 3.05) is 0 Å². The number of para-hydroxylation sites is 1. The molecule has 48 heavy (non-hydrogen) atoms. The van der Waals surface area contributed by atoms with Gasteiger partial charge in [0, 0.05) is 38.1 Å². The molecule has 3 aromatic heterocycles. The Kier molecular flexibility index (Phi) is 5.81. The zero-order valence-corrected chi connectivity index (χ0v) is 25.7. The second kappa shape index (κ2) is 10.5. The van der Waals surface area contributed by atoms with Gasteiger partial charge in [-0.05, 0) is 40.8 Å². The molecular weight excluding hydrogens is 589 g/mol. The number of hydrogen-bond acceptors (Lipinski definition) is 4. The highest BCUT2D eigenvalue weighted by atomic mass is 16.3. The maximum Gasteiger partial charge on any atom is 0.238 e.